The number of rotatable bonds is 11. The van der Waals surface area contributed by atoms with Crippen LogP contribution in [-0.4, -0.2) is 33.1 Å². The lowest BCUT2D eigenvalue weighted by Gasteiger charge is -2.09. The second kappa shape index (κ2) is 10.9. The third-order valence-electron chi connectivity index (χ3n) is 4.39. The first kappa shape index (κ1) is 21.3. The van der Waals surface area contributed by atoms with Crippen LogP contribution in [0.1, 0.15) is 62.1 Å². The third-order valence-corrected chi connectivity index (χ3v) is 5.37. The molecule has 0 fully saturated rings. The van der Waals surface area contributed by atoms with Gasteiger partial charge in [0.05, 0.1) is 17.7 Å². The summed E-state index contributed by atoms with van der Waals surface area (Å²) < 4.78 is 0. The monoisotopic (exact) mass is 389 g/mol. The fraction of sp³-hybridized carbons (Fsp3) is 0.476. The van der Waals surface area contributed by atoms with Crippen LogP contribution >= 0.6 is 11.3 Å². The zero-order valence-corrected chi connectivity index (χ0v) is 16.5. The van der Waals surface area contributed by atoms with Gasteiger partial charge in [-0.25, -0.2) is 4.98 Å². The van der Waals surface area contributed by atoms with Crippen molar-refractivity contribution in [3.63, 3.8) is 0 Å². The van der Waals surface area contributed by atoms with Crippen molar-refractivity contribution in [2.24, 2.45) is 0 Å². The summed E-state index contributed by atoms with van der Waals surface area (Å²) in [6.07, 6.45) is 13.1. The Hall–Kier alpha value is -2.05. The molecule has 5 nitrogen and oxygen atoms in total. The zero-order valence-electron chi connectivity index (χ0n) is 15.6. The third kappa shape index (κ3) is 6.88. The molecule has 1 aromatic rings. The lowest BCUT2D eigenvalue weighted by molar-refractivity contribution is -0.137. The van der Waals surface area contributed by atoms with Crippen molar-refractivity contribution in [3.8, 4) is 0 Å². The Morgan fingerprint density at radius 1 is 1.33 bits per heavy atom. The molecule has 2 rings (SSSR count). The number of allylic oxidation sites excluding steroid dienone is 4. The van der Waals surface area contributed by atoms with Gasteiger partial charge in [-0.05, 0) is 44.6 Å². The predicted octanol–water partition coefficient (Wildman–Crippen LogP) is 4.20. The quantitative estimate of drug-likeness (QED) is 0.336. The summed E-state index contributed by atoms with van der Waals surface area (Å²) in [4.78, 5) is 27.4. The molecule has 0 saturated heterocycles. The van der Waals surface area contributed by atoms with Crippen LogP contribution in [0.4, 0.5) is 0 Å². The van der Waals surface area contributed by atoms with Crippen molar-refractivity contribution in [1.82, 2.24) is 4.98 Å². The van der Waals surface area contributed by atoms with Crippen LogP contribution in [0.2, 0.25) is 0 Å². The molecule has 0 radical (unpaired) electrons. The maximum Gasteiger partial charge on any atom is 0.303 e. The van der Waals surface area contributed by atoms with Crippen LogP contribution in [0.25, 0.3) is 0 Å². The molecule has 6 heteroatoms. The standard InChI is InChI=1S/C21H27NO4S/c1-2-3-4-8-16(23)10-11-17-18(12-13-19(17)24)21-22-15(14-27-21)7-5-6-9-20(25)26/h3-4,11-14,16,18,23H,2,5-10H2,1H3,(H,25,26)/b4-3-,17-11+. The lowest BCUT2D eigenvalue weighted by atomic mass is 10.00. The molecule has 0 spiro atoms. The number of hydrogen-bond donors (Lipinski definition) is 2. The first-order valence-electron chi connectivity index (χ1n) is 9.43. The molecule has 27 heavy (non-hydrogen) atoms. The average Bonchev–Trinajstić information content (AvgIpc) is 3.23. The van der Waals surface area contributed by atoms with Crippen LogP contribution in [0.15, 0.2) is 41.3 Å². The van der Waals surface area contributed by atoms with Crippen molar-refractivity contribution < 1.29 is 19.8 Å². The number of ketones is 1. The van der Waals surface area contributed by atoms with Crippen LogP contribution in [0.5, 0.6) is 0 Å². The van der Waals surface area contributed by atoms with Crippen molar-refractivity contribution in [2.45, 2.75) is 63.9 Å². The Labute approximate surface area is 164 Å². The minimum absolute atomic E-state index is 0.0190. The molecule has 1 heterocycles. The van der Waals surface area contributed by atoms with E-state index < -0.39 is 12.1 Å². The first-order chi connectivity index (χ1) is 13.0. The molecule has 0 aliphatic heterocycles. The highest BCUT2D eigenvalue weighted by atomic mass is 32.1. The number of aliphatic carboxylic acids is 1. The highest BCUT2D eigenvalue weighted by Crippen LogP contribution is 2.34. The summed E-state index contributed by atoms with van der Waals surface area (Å²) in [5, 5.41) is 21.6. The number of aliphatic hydroxyl groups excluding tert-OH is 1. The molecule has 0 bridgehead atoms. The van der Waals surface area contributed by atoms with Gasteiger partial charge in [-0.3, -0.25) is 9.59 Å². The Kier molecular flexibility index (Phi) is 8.61. The number of unbranched alkanes of at least 4 members (excludes halogenated alkanes) is 1. The minimum atomic E-state index is -0.772. The molecule has 1 aromatic heterocycles. The molecule has 2 atom stereocenters. The zero-order chi connectivity index (χ0) is 19.6. The van der Waals surface area contributed by atoms with Crippen molar-refractivity contribution in [1.29, 1.82) is 0 Å². The number of hydrogen-bond acceptors (Lipinski definition) is 5. The van der Waals surface area contributed by atoms with E-state index in [-0.39, 0.29) is 18.1 Å². The average molecular weight is 390 g/mol. The molecule has 0 aromatic carbocycles. The number of carbonyl (C=O) groups is 2. The van der Waals surface area contributed by atoms with Gasteiger partial charge in [0.1, 0.15) is 5.01 Å². The van der Waals surface area contributed by atoms with Gasteiger partial charge in [0.2, 0.25) is 0 Å². The van der Waals surface area contributed by atoms with Crippen LogP contribution in [0, 0.1) is 0 Å². The molecular weight excluding hydrogens is 362 g/mol. The summed E-state index contributed by atoms with van der Waals surface area (Å²) in [6, 6.07) is 0. The normalized spacial score (nSPS) is 19.4. The number of carboxylic acid groups (broad SMARTS) is 1. The van der Waals surface area contributed by atoms with Gasteiger partial charge in [-0.2, -0.15) is 0 Å². The number of nitrogens with zero attached hydrogens (tertiary/aromatic N) is 1. The van der Waals surface area contributed by atoms with E-state index in [1.165, 1.54) is 11.3 Å². The molecule has 0 saturated carbocycles. The Morgan fingerprint density at radius 2 is 2.15 bits per heavy atom. The van der Waals surface area contributed by atoms with Crippen molar-refractivity contribution in [3.05, 3.63) is 52.0 Å². The summed E-state index contributed by atoms with van der Waals surface area (Å²) in [5.41, 5.74) is 1.62. The Bertz CT molecular complexity index is 732. The molecule has 1 aliphatic carbocycles. The molecule has 2 N–H and O–H groups in total. The van der Waals surface area contributed by atoms with Gasteiger partial charge < -0.3 is 10.2 Å². The van der Waals surface area contributed by atoms with E-state index in [0.717, 1.165) is 30.0 Å². The smallest absolute Gasteiger partial charge is 0.303 e. The summed E-state index contributed by atoms with van der Waals surface area (Å²) in [5.74, 6) is -0.936. The van der Waals surface area contributed by atoms with E-state index in [2.05, 4.69) is 4.98 Å². The second-order valence-electron chi connectivity index (χ2n) is 6.64. The van der Waals surface area contributed by atoms with Gasteiger partial charge >= 0.3 is 5.97 Å². The van der Waals surface area contributed by atoms with E-state index in [1.54, 1.807) is 6.08 Å². The van der Waals surface area contributed by atoms with Crippen LogP contribution in [0.3, 0.4) is 0 Å². The Morgan fingerprint density at radius 3 is 2.89 bits per heavy atom. The molecule has 2 unspecified atom stereocenters. The van der Waals surface area contributed by atoms with Gasteiger partial charge in [-0.15, -0.1) is 11.3 Å². The SMILES string of the molecule is CC/C=C\CC(O)C/C=C1/C(=O)C=CC1c1nc(CCCCC(=O)O)cs1. The van der Waals surface area contributed by atoms with Gasteiger partial charge in [-0.1, -0.05) is 31.2 Å². The van der Waals surface area contributed by atoms with Gasteiger partial charge in [0.15, 0.2) is 5.78 Å². The lowest BCUT2D eigenvalue weighted by Crippen LogP contribution is -2.07. The van der Waals surface area contributed by atoms with Gasteiger partial charge in [0.25, 0.3) is 0 Å². The maximum absolute atomic E-state index is 12.2. The minimum Gasteiger partial charge on any atom is -0.481 e. The summed E-state index contributed by atoms with van der Waals surface area (Å²) in [6.45, 7) is 2.05. The number of aryl methyl sites for hydroxylation is 1. The predicted molar refractivity (Wildman–Crippen MR) is 107 cm³/mol. The summed E-state index contributed by atoms with van der Waals surface area (Å²) >= 11 is 1.52. The van der Waals surface area contributed by atoms with Gasteiger partial charge in [0, 0.05) is 17.4 Å². The van der Waals surface area contributed by atoms with E-state index in [1.807, 2.05) is 36.6 Å². The van der Waals surface area contributed by atoms with Crippen molar-refractivity contribution in [2.75, 3.05) is 0 Å². The maximum atomic E-state index is 12.2. The van der Waals surface area contributed by atoms with E-state index in [9.17, 15) is 14.7 Å². The number of thiazole rings is 1. The molecule has 146 valence electrons. The second-order valence-corrected chi connectivity index (χ2v) is 7.53. The summed E-state index contributed by atoms with van der Waals surface area (Å²) in [7, 11) is 0. The molecular formula is C21H27NO4S. The molecule has 1 aliphatic rings. The first-order valence-corrected chi connectivity index (χ1v) is 10.3. The van der Waals surface area contributed by atoms with E-state index >= 15 is 0 Å². The number of carbonyl (C=O) groups excluding carboxylic acids is 1. The van der Waals surface area contributed by atoms with Crippen molar-refractivity contribution >= 4 is 23.1 Å². The van der Waals surface area contributed by atoms with E-state index in [4.69, 9.17) is 5.11 Å². The largest absolute Gasteiger partial charge is 0.481 e. The fourth-order valence-electron chi connectivity index (χ4n) is 2.92. The van der Waals surface area contributed by atoms with Crippen LogP contribution < -0.4 is 0 Å². The highest BCUT2D eigenvalue weighted by Gasteiger charge is 2.27. The number of carboxylic acids is 1. The molecule has 0 amide bonds. The van der Waals surface area contributed by atoms with Crippen LogP contribution in [-0.2, 0) is 16.0 Å². The van der Waals surface area contributed by atoms with E-state index in [0.29, 0.717) is 24.8 Å². The topological polar surface area (TPSA) is 87.5 Å². The highest BCUT2D eigenvalue weighted by molar-refractivity contribution is 7.09. The number of aromatic nitrogens is 1. The Balaban J connectivity index is 1.94. The number of aliphatic hydroxyl groups is 1. The fourth-order valence-corrected chi connectivity index (χ4v) is 3.87.